The number of rotatable bonds is 50. The fourth-order valence-electron chi connectivity index (χ4n) is 9.29. The van der Waals surface area contributed by atoms with E-state index in [4.69, 9.17) is 9.47 Å². The van der Waals surface area contributed by atoms with Crippen molar-refractivity contribution in [2.75, 3.05) is 13.2 Å². The number of aliphatic hydroxyl groups is 5. The summed E-state index contributed by atoms with van der Waals surface area (Å²) in [5.41, 5.74) is 0. The molecule has 9 nitrogen and oxygen atoms in total. The molecule has 7 atom stereocenters. The lowest BCUT2D eigenvalue weighted by Crippen LogP contribution is -2.60. The molecule has 7 unspecified atom stereocenters. The molecule has 0 bridgehead atoms. The Bertz CT molecular complexity index is 1280. The van der Waals surface area contributed by atoms with Crippen molar-refractivity contribution in [3.05, 3.63) is 60.8 Å². The van der Waals surface area contributed by atoms with Gasteiger partial charge in [0.05, 0.1) is 25.4 Å². The molecule has 0 radical (unpaired) electrons. The molecule has 1 fully saturated rings. The normalized spacial score (nSPS) is 19.8. The molecule has 1 aliphatic heterocycles. The first-order valence-electron chi connectivity index (χ1n) is 29.5. The summed E-state index contributed by atoms with van der Waals surface area (Å²) in [6, 6.07) is -0.777. The van der Waals surface area contributed by atoms with Gasteiger partial charge in [-0.2, -0.15) is 0 Å². The molecule has 0 aromatic carbocycles. The van der Waals surface area contributed by atoms with Gasteiger partial charge in [-0.25, -0.2) is 0 Å². The highest BCUT2D eigenvalue weighted by Crippen LogP contribution is 2.23. The van der Waals surface area contributed by atoms with Gasteiger partial charge in [0.25, 0.3) is 0 Å². The summed E-state index contributed by atoms with van der Waals surface area (Å²) >= 11 is 0. The Morgan fingerprint density at radius 2 is 0.829 bits per heavy atom. The fourth-order valence-corrected chi connectivity index (χ4v) is 9.29. The SMILES string of the molecule is CC/C=C\C/C=C\C/C=C\C/C=C\C/C=C\CC(=O)NC(COC1OC(CO)C(O)C(O)C1O)C(O)CCCCCCCCCCCCCCCCCCCCCCCCCCCCCCCCCC. The Balaban J connectivity index is 2.15. The molecule has 6 N–H and O–H groups in total. The average Bonchev–Trinajstić information content (AvgIpc) is 3.36. The monoisotopic (exact) mass is 986 g/mol. The van der Waals surface area contributed by atoms with Crippen molar-refractivity contribution < 1.29 is 39.8 Å². The van der Waals surface area contributed by atoms with Gasteiger partial charge in [0, 0.05) is 6.42 Å². The van der Waals surface area contributed by atoms with Gasteiger partial charge in [0.2, 0.25) is 5.91 Å². The van der Waals surface area contributed by atoms with Crippen LogP contribution in [0.15, 0.2) is 60.8 Å². The van der Waals surface area contributed by atoms with Crippen molar-refractivity contribution >= 4 is 5.91 Å². The quantitative estimate of drug-likeness (QED) is 0.0261. The van der Waals surface area contributed by atoms with E-state index in [1.165, 1.54) is 186 Å². The average molecular weight is 987 g/mol. The molecule has 70 heavy (non-hydrogen) atoms. The van der Waals surface area contributed by atoms with E-state index in [2.05, 4.69) is 67.8 Å². The summed E-state index contributed by atoms with van der Waals surface area (Å²) in [6.07, 6.45) is 61.6. The summed E-state index contributed by atoms with van der Waals surface area (Å²) in [5.74, 6) is -0.270. The molecular formula is C61H111NO8. The minimum atomic E-state index is -1.57. The first-order chi connectivity index (χ1) is 34.3. The molecule has 1 heterocycles. The minimum absolute atomic E-state index is 0.135. The van der Waals surface area contributed by atoms with E-state index in [0.29, 0.717) is 12.8 Å². The maximum atomic E-state index is 13.0. The van der Waals surface area contributed by atoms with E-state index in [1.807, 2.05) is 6.08 Å². The zero-order valence-corrected chi connectivity index (χ0v) is 45.3. The van der Waals surface area contributed by atoms with E-state index in [0.717, 1.165) is 44.9 Å². The molecule has 408 valence electrons. The second kappa shape index (κ2) is 50.4. The Labute approximate surface area is 430 Å². The van der Waals surface area contributed by atoms with Gasteiger partial charge < -0.3 is 40.3 Å². The third-order valence-electron chi connectivity index (χ3n) is 13.9. The van der Waals surface area contributed by atoms with Crippen LogP contribution in [0.25, 0.3) is 0 Å². The minimum Gasteiger partial charge on any atom is -0.394 e. The molecule has 0 aromatic heterocycles. The maximum Gasteiger partial charge on any atom is 0.224 e. The second-order valence-electron chi connectivity index (χ2n) is 20.4. The second-order valence-corrected chi connectivity index (χ2v) is 20.4. The fraction of sp³-hybridized carbons (Fsp3) is 0.820. The number of unbranched alkanes of at least 4 members (excludes halogenated alkanes) is 31. The van der Waals surface area contributed by atoms with Gasteiger partial charge in [-0.05, 0) is 38.5 Å². The van der Waals surface area contributed by atoms with Gasteiger partial charge in [0.15, 0.2) is 6.29 Å². The number of carbonyl (C=O) groups excluding carboxylic acids is 1. The van der Waals surface area contributed by atoms with E-state index < -0.39 is 49.5 Å². The molecular weight excluding hydrogens is 875 g/mol. The Morgan fingerprint density at radius 3 is 1.19 bits per heavy atom. The van der Waals surface area contributed by atoms with E-state index in [9.17, 15) is 30.3 Å². The summed E-state index contributed by atoms with van der Waals surface area (Å²) in [7, 11) is 0. The van der Waals surface area contributed by atoms with Crippen molar-refractivity contribution in [2.24, 2.45) is 0 Å². The van der Waals surface area contributed by atoms with Crippen LogP contribution in [0.4, 0.5) is 0 Å². The highest BCUT2D eigenvalue weighted by molar-refractivity contribution is 5.77. The topological polar surface area (TPSA) is 149 Å². The number of ether oxygens (including phenoxy) is 2. The van der Waals surface area contributed by atoms with Crippen molar-refractivity contribution in [2.45, 2.75) is 307 Å². The van der Waals surface area contributed by atoms with Crippen LogP contribution < -0.4 is 5.32 Å². The first kappa shape index (κ1) is 65.9. The number of amides is 1. The van der Waals surface area contributed by atoms with Crippen LogP contribution in [0.2, 0.25) is 0 Å². The summed E-state index contributed by atoms with van der Waals surface area (Å²) in [4.78, 5) is 13.0. The van der Waals surface area contributed by atoms with Crippen LogP contribution in [-0.2, 0) is 14.3 Å². The van der Waals surface area contributed by atoms with Crippen LogP contribution in [0.3, 0.4) is 0 Å². The third-order valence-corrected chi connectivity index (χ3v) is 13.9. The van der Waals surface area contributed by atoms with Gasteiger partial charge >= 0.3 is 0 Å². The molecule has 1 aliphatic rings. The molecule has 9 heteroatoms. The predicted molar refractivity (Wildman–Crippen MR) is 295 cm³/mol. The standard InChI is InChI=1S/C61H111NO8/c1-3-5-7-9-11-13-15-17-19-20-21-22-23-24-25-26-27-28-29-30-31-32-33-34-35-37-38-40-42-44-46-48-50-55(64)54(53-69-61-60(68)59(67)58(66)56(52-63)70-61)62-57(65)51-49-47-45-43-41-39-36-18-16-14-12-10-8-6-4-2/h6,8,12,14,18,36,41,43,47,49,54-56,58-61,63-64,66-68H,3-5,7,9-11,13,15-17,19-35,37-40,42,44-46,48,50-53H2,1-2H3,(H,62,65)/b8-6-,14-12-,36-18-,43-41-,49-47-. The third kappa shape index (κ3) is 39.4. The number of nitrogens with one attached hydrogen (secondary N) is 1. The number of hydrogen-bond donors (Lipinski definition) is 6. The molecule has 1 saturated heterocycles. The predicted octanol–water partition coefficient (Wildman–Crippen LogP) is 14.7. The van der Waals surface area contributed by atoms with Gasteiger partial charge in [-0.3, -0.25) is 4.79 Å². The highest BCUT2D eigenvalue weighted by atomic mass is 16.7. The molecule has 0 aromatic rings. The number of allylic oxidation sites excluding steroid dienone is 9. The Hall–Kier alpha value is -2.11. The highest BCUT2D eigenvalue weighted by Gasteiger charge is 2.44. The van der Waals surface area contributed by atoms with E-state index in [-0.39, 0.29) is 18.9 Å². The van der Waals surface area contributed by atoms with Crippen LogP contribution >= 0.6 is 0 Å². The first-order valence-corrected chi connectivity index (χ1v) is 29.5. The van der Waals surface area contributed by atoms with Gasteiger partial charge in [-0.1, -0.05) is 280 Å². The zero-order chi connectivity index (χ0) is 50.8. The molecule has 1 amide bonds. The van der Waals surface area contributed by atoms with Crippen molar-refractivity contribution in [3.63, 3.8) is 0 Å². The van der Waals surface area contributed by atoms with Crippen molar-refractivity contribution in [3.8, 4) is 0 Å². The summed E-state index contributed by atoms with van der Waals surface area (Å²) in [6.45, 7) is 3.68. The largest absolute Gasteiger partial charge is 0.394 e. The number of aliphatic hydroxyl groups excluding tert-OH is 5. The Kier molecular flexibility index (Phi) is 47.5. The van der Waals surface area contributed by atoms with E-state index >= 15 is 0 Å². The smallest absolute Gasteiger partial charge is 0.224 e. The van der Waals surface area contributed by atoms with Crippen molar-refractivity contribution in [1.82, 2.24) is 5.32 Å². The van der Waals surface area contributed by atoms with Crippen LogP contribution in [0.1, 0.15) is 264 Å². The molecule has 1 rings (SSSR count). The van der Waals surface area contributed by atoms with Crippen LogP contribution in [0, 0.1) is 0 Å². The number of hydrogen-bond acceptors (Lipinski definition) is 8. The summed E-state index contributed by atoms with van der Waals surface area (Å²) in [5, 5.41) is 54.5. The maximum absolute atomic E-state index is 13.0. The van der Waals surface area contributed by atoms with Crippen LogP contribution in [0.5, 0.6) is 0 Å². The van der Waals surface area contributed by atoms with Gasteiger partial charge in [-0.15, -0.1) is 0 Å². The Morgan fingerprint density at radius 1 is 0.486 bits per heavy atom. The zero-order valence-electron chi connectivity index (χ0n) is 45.3. The lowest BCUT2D eigenvalue weighted by atomic mass is 9.99. The lowest BCUT2D eigenvalue weighted by molar-refractivity contribution is -0.302. The number of carbonyl (C=O) groups is 1. The molecule has 0 aliphatic carbocycles. The van der Waals surface area contributed by atoms with Crippen molar-refractivity contribution in [1.29, 1.82) is 0 Å². The molecule has 0 spiro atoms. The van der Waals surface area contributed by atoms with E-state index in [1.54, 1.807) is 6.08 Å². The molecule has 0 saturated carbocycles. The van der Waals surface area contributed by atoms with Crippen LogP contribution in [-0.4, -0.2) is 87.5 Å². The lowest BCUT2D eigenvalue weighted by Gasteiger charge is -2.40. The summed E-state index contributed by atoms with van der Waals surface area (Å²) < 4.78 is 11.3. The van der Waals surface area contributed by atoms with Gasteiger partial charge in [0.1, 0.15) is 24.4 Å².